The van der Waals surface area contributed by atoms with Crippen molar-refractivity contribution in [3.05, 3.63) is 24.4 Å². The minimum absolute atomic E-state index is 0.705. The number of anilines is 1. The quantitative estimate of drug-likeness (QED) is 0.919. The molecule has 104 valence electrons. The Hall–Kier alpha value is -0.740. The minimum Gasteiger partial charge on any atom is -0.357 e. The molecule has 0 amide bonds. The van der Waals surface area contributed by atoms with Crippen LogP contribution in [0.4, 0.5) is 5.82 Å². The summed E-state index contributed by atoms with van der Waals surface area (Å²) >= 11 is 2.11. The van der Waals surface area contributed by atoms with Crippen LogP contribution in [-0.4, -0.2) is 41.2 Å². The molecule has 2 saturated heterocycles. The molecule has 0 bridgehead atoms. The molecular formula is C15H23N3S. The Morgan fingerprint density at radius 1 is 1.26 bits per heavy atom. The summed E-state index contributed by atoms with van der Waals surface area (Å²) in [5.74, 6) is 2.42. The monoisotopic (exact) mass is 277 g/mol. The van der Waals surface area contributed by atoms with Crippen LogP contribution in [0, 0.1) is 0 Å². The van der Waals surface area contributed by atoms with Crippen molar-refractivity contribution in [3.63, 3.8) is 0 Å². The molecule has 2 aliphatic heterocycles. The summed E-state index contributed by atoms with van der Waals surface area (Å²) in [7, 11) is 0. The van der Waals surface area contributed by atoms with Gasteiger partial charge in [0, 0.05) is 42.4 Å². The third-order valence-corrected chi connectivity index (χ3v) is 5.49. The van der Waals surface area contributed by atoms with Crippen molar-refractivity contribution < 1.29 is 0 Å². The normalized spacial score (nSPS) is 28.8. The lowest BCUT2D eigenvalue weighted by molar-refractivity contribution is 0.374. The van der Waals surface area contributed by atoms with Crippen LogP contribution in [0.15, 0.2) is 24.4 Å². The highest BCUT2D eigenvalue weighted by Crippen LogP contribution is 2.27. The molecule has 0 aromatic carbocycles. The second-order valence-electron chi connectivity index (χ2n) is 5.69. The van der Waals surface area contributed by atoms with Crippen molar-refractivity contribution in [2.75, 3.05) is 23.7 Å². The van der Waals surface area contributed by atoms with Gasteiger partial charge in [-0.25, -0.2) is 4.98 Å². The zero-order valence-electron chi connectivity index (χ0n) is 11.6. The molecule has 1 aromatic rings. The summed E-state index contributed by atoms with van der Waals surface area (Å²) in [4.78, 5) is 6.85. The van der Waals surface area contributed by atoms with Gasteiger partial charge < -0.3 is 10.2 Å². The maximum absolute atomic E-state index is 4.44. The van der Waals surface area contributed by atoms with Gasteiger partial charge in [0.1, 0.15) is 5.82 Å². The SMILES string of the molecule is CC1CC(NC2CCN(c3ccccn3)CC2)CS1. The first-order valence-corrected chi connectivity index (χ1v) is 8.40. The fourth-order valence-electron chi connectivity index (χ4n) is 3.08. The maximum atomic E-state index is 4.44. The smallest absolute Gasteiger partial charge is 0.128 e. The second-order valence-corrected chi connectivity index (χ2v) is 7.16. The summed E-state index contributed by atoms with van der Waals surface area (Å²) in [5, 5.41) is 4.69. The number of thioether (sulfide) groups is 1. The number of nitrogens with one attached hydrogen (secondary N) is 1. The predicted octanol–water partition coefficient (Wildman–Crippen LogP) is 2.53. The molecule has 3 nitrogen and oxygen atoms in total. The number of hydrogen-bond donors (Lipinski definition) is 1. The van der Waals surface area contributed by atoms with Crippen LogP contribution in [-0.2, 0) is 0 Å². The van der Waals surface area contributed by atoms with Gasteiger partial charge >= 0.3 is 0 Å². The molecule has 0 aliphatic carbocycles. The van der Waals surface area contributed by atoms with Crippen LogP contribution in [0.1, 0.15) is 26.2 Å². The topological polar surface area (TPSA) is 28.2 Å². The first-order chi connectivity index (χ1) is 9.31. The van der Waals surface area contributed by atoms with Crippen molar-refractivity contribution in [2.24, 2.45) is 0 Å². The Morgan fingerprint density at radius 3 is 2.74 bits per heavy atom. The maximum Gasteiger partial charge on any atom is 0.128 e. The average Bonchev–Trinajstić information content (AvgIpc) is 2.86. The Bertz CT molecular complexity index is 390. The molecule has 19 heavy (non-hydrogen) atoms. The Morgan fingerprint density at radius 2 is 2.11 bits per heavy atom. The van der Waals surface area contributed by atoms with Gasteiger partial charge in [0.2, 0.25) is 0 Å². The zero-order valence-corrected chi connectivity index (χ0v) is 12.4. The lowest BCUT2D eigenvalue weighted by Gasteiger charge is -2.34. The van der Waals surface area contributed by atoms with Gasteiger partial charge in [-0.3, -0.25) is 0 Å². The first-order valence-electron chi connectivity index (χ1n) is 7.35. The number of rotatable bonds is 3. The summed E-state index contributed by atoms with van der Waals surface area (Å²) in [6, 6.07) is 7.62. The molecule has 2 unspecified atom stereocenters. The van der Waals surface area contributed by atoms with Crippen LogP contribution in [0.3, 0.4) is 0 Å². The molecule has 1 N–H and O–H groups in total. The summed E-state index contributed by atoms with van der Waals surface area (Å²) < 4.78 is 0. The number of nitrogens with zero attached hydrogens (tertiary/aromatic N) is 2. The van der Waals surface area contributed by atoms with E-state index in [1.54, 1.807) is 0 Å². The third kappa shape index (κ3) is 3.42. The van der Waals surface area contributed by atoms with Crippen molar-refractivity contribution in [2.45, 2.75) is 43.5 Å². The highest BCUT2D eigenvalue weighted by molar-refractivity contribution is 8.00. The summed E-state index contributed by atoms with van der Waals surface area (Å²) in [6.45, 7) is 4.60. The minimum atomic E-state index is 0.705. The van der Waals surface area contributed by atoms with E-state index in [1.165, 1.54) is 25.0 Å². The molecule has 0 spiro atoms. The average molecular weight is 277 g/mol. The van der Waals surface area contributed by atoms with E-state index in [-0.39, 0.29) is 0 Å². The Labute approximate surface area is 120 Å². The number of pyridine rings is 1. The van der Waals surface area contributed by atoms with Crippen LogP contribution in [0.2, 0.25) is 0 Å². The van der Waals surface area contributed by atoms with Crippen molar-refractivity contribution in [1.29, 1.82) is 0 Å². The van der Waals surface area contributed by atoms with Gasteiger partial charge in [-0.1, -0.05) is 13.0 Å². The molecule has 3 rings (SSSR count). The molecule has 2 atom stereocenters. The molecule has 2 fully saturated rings. The predicted molar refractivity (Wildman–Crippen MR) is 82.9 cm³/mol. The molecular weight excluding hydrogens is 254 g/mol. The highest BCUT2D eigenvalue weighted by Gasteiger charge is 2.26. The van der Waals surface area contributed by atoms with E-state index < -0.39 is 0 Å². The summed E-state index contributed by atoms with van der Waals surface area (Å²) in [6.07, 6.45) is 5.71. The van der Waals surface area contributed by atoms with Crippen molar-refractivity contribution in [1.82, 2.24) is 10.3 Å². The Kier molecular flexibility index (Phi) is 4.28. The van der Waals surface area contributed by atoms with E-state index >= 15 is 0 Å². The van der Waals surface area contributed by atoms with Crippen LogP contribution >= 0.6 is 11.8 Å². The van der Waals surface area contributed by atoms with Gasteiger partial charge in [0.05, 0.1) is 0 Å². The number of aromatic nitrogens is 1. The van der Waals surface area contributed by atoms with Crippen molar-refractivity contribution in [3.8, 4) is 0 Å². The fraction of sp³-hybridized carbons (Fsp3) is 0.667. The lowest BCUT2D eigenvalue weighted by Crippen LogP contribution is -2.46. The van der Waals surface area contributed by atoms with E-state index in [0.29, 0.717) is 6.04 Å². The third-order valence-electron chi connectivity index (χ3n) is 4.14. The summed E-state index contributed by atoms with van der Waals surface area (Å²) in [5.41, 5.74) is 0. The molecule has 1 aromatic heterocycles. The van der Waals surface area contributed by atoms with E-state index in [9.17, 15) is 0 Å². The molecule has 0 radical (unpaired) electrons. The van der Waals surface area contributed by atoms with Gasteiger partial charge in [0.25, 0.3) is 0 Å². The number of hydrogen-bond acceptors (Lipinski definition) is 4. The molecule has 2 aliphatic rings. The lowest BCUT2D eigenvalue weighted by atomic mass is 10.0. The van der Waals surface area contributed by atoms with Gasteiger partial charge in [-0.15, -0.1) is 0 Å². The van der Waals surface area contributed by atoms with E-state index in [2.05, 4.69) is 46.0 Å². The van der Waals surface area contributed by atoms with Gasteiger partial charge in [-0.2, -0.15) is 11.8 Å². The van der Waals surface area contributed by atoms with E-state index in [1.807, 2.05) is 12.3 Å². The highest BCUT2D eigenvalue weighted by atomic mass is 32.2. The van der Waals surface area contributed by atoms with E-state index in [4.69, 9.17) is 0 Å². The zero-order chi connectivity index (χ0) is 13.1. The van der Waals surface area contributed by atoms with Gasteiger partial charge in [0.15, 0.2) is 0 Å². The molecule has 0 saturated carbocycles. The number of piperidine rings is 1. The van der Waals surface area contributed by atoms with Crippen LogP contribution in [0.5, 0.6) is 0 Å². The fourth-order valence-corrected chi connectivity index (χ4v) is 4.24. The standard InChI is InChI=1S/C15H23N3S/c1-12-10-14(11-19-12)17-13-5-8-18(9-6-13)15-4-2-3-7-16-15/h2-4,7,12-14,17H,5-6,8-11H2,1H3. The van der Waals surface area contributed by atoms with Crippen molar-refractivity contribution >= 4 is 17.6 Å². The van der Waals surface area contributed by atoms with E-state index in [0.717, 1.165) is 30.2 Å². The molecule has 3 heterocycles. The largest absolute Gasteiger partial charge is 0.357 e. The first kappa shape index (κ1) is 13.3. The van der Waals surface area contributed by atoms with Crippen LogP contribution < -0.4 is 10.2 Å². The van der Waals surface area contributed by atoms with Crippen LogP contribution in [0.25, 0.3) is 0 Å². The molecule has 4 heteroatoms. The van der Waals surface area contributed by atoms with Gasteiger partial charge in [-0.05, 0) is 31.4 Å². The second kappa shape index (κ2) is 6.14. The Balaban J connectivity index is 1.47.